The monoisotopic (exact) mass is 346 g/mol. The highest BCUT2D eigenvalue weighted by Gasteiger charge is 2.12. The van der Waals surface area contributed by atoms with Crippen LogP contribution in [-0.2, 0) is 4.79 Å². The summed E-state index contributed by atoms with van der Waals surface area (Å²) in [6, 6.07) is 10.1. The van der Waals surface area contributed by atoms with Crippen molar-refractivity contribution in [3.05, 3.63) is 58.1 Å². The molecular formula is C18H19ClN2O3. The Morgan fingerprint density at radius 3 is 2.62 bits per heavy atom. The van der Waals surface area contributed by atoms with E-state index in [0.717, 1.165) is 11.1 Å². The summed E-state index contributed by atoms with van der Waals surface area (Å²) in [4.78, 5) is 23.9. The molecule has 0 radical (unpaired) electrons. The fourth-order valence-electron chi connectivity index (χ4n) is 2.17. The van der Waals surface area contributed by atoms with Crippen LogP contribution < -0.4 is 10.6 Å². The molecule has 126 valence electrons. The first-order valence-corrected chi connectivity index (χ1v) is 7.89. The number of benzene rings is 2. The Morgan fingerprint density at radius 2 is 1.92 bits per heavy atom. The smallest absolute Gasteiger partial charge is 0.255 e. The van der Waals surface area contributed by atoms with Gasteiger partial charge in [0, 0.05) is 23.7 Å². The van der Waals surface area contributed by atoms with Gasteiger partial charge in [0.05, 0.1) is 5.56 Å². The van der Waals surface area contributed by atoms with E-state index in [1.54, 1.807) is 30.3 Å². The van der Waals surface area contributed by atoms with Gasteiger partial charge in [0.25, 0.3) is 5.91 Å². The second-order valence-corrected chi connectivity index (χ2v) is 5.89. The third kappa shape index (κ3) is 4.49. The maximum Gasteiger partial charge on any atom is 0.255 e. The first kappa shape index (κ1) is 17.8. The molecule has 0 saturated heterocycles. The fraction of sp³-hybridized carbons (Fsp3) is 0.222. The van der Waals surface area contributed by atoms with Crippen molar-refractivity contribution in [3.8, 4) is 5.75 Å². The standard InChI is InChI=1S/C18H19ClN2O3/c1-11-6-7-13(16(22)10-11)18(24)20-9-8-17(23)21-15-5-3-4-14(19)12(15)2/h3-7,10,22H,8-9H2,1-2H3,(H,20,24)(H,21,23). The first-order valence-electron chi connectivity index (χ1n) is 7.51. The van der Waals surface area contributed by atoms with Crippen LogP contribution in [0.5, 0.6) is 5.75 Å². The van der Waals surface area contributed by atoms with Crippen molar-refractivity contribution in [3.63, 3.8) is 0 Å². The molecule has 0 aliphatic rings. The average molecular weight is 347 g/mol. The Hall–Kier alpha value is -2.53. The molecule has 24 heavy (non-hydrogen) atoms. The summed E-state index contributed by atoms with van der Waals surface area (Å²) in [5.74, 6) is -0.723. The minimum absolute atomic E-state index is 0.0773. The molecule has 2 aromatic rings. The number of anilines is 1. The summed E-state index contributed by atoms with van der Waals surface area (Å²) in [7, 11) is 0. The zero-order valence-corrected chi connectivity index (χ0v) is 14.3. The molecule has 2 amide bonds. The van der Waals surface area contributed by atoms with E-state index in [-0.39, 0.29) is 30.2 Å². The molecule has 0 atom stereocenters. The largest absolute Gasteiger partial charge is 0.507 e. The fourth-order valence-corrected chi connectivity index (χ4v) is 2.35. The van der Waals surface area contributed by atoms with Crippen molar-refractivity contribution < 1.29 is 14.7 Å². The Balaban J connectivity index is 1.86. The molecule has 2 rings (SSSR count). The molecule has 0 spiro atoms. The molecule has 3 N–H and O–H groups in total. The van der Waals surface area contributed by atoms with Gasteiger partial charge in [-0.25, -0.2) is 0 Å². The molecule has 0 unspecified atom stereocenters. The molecule has 6 heteroatoms. The third-order valence-electron chi connectivity index (χ3n) is 3.58. The van der Waals surface area contributed by atoms with Gasteiger partial charge in [0.1, 0.15) is 5.75 Å². The van der Waals surface area contributed by atoms with E-state index in [1.807, 2.05) is 13.8 Å². The lowest BCUT2D eigenvalue weighted by atomic mass is 10.1. The van der Waals surface area contributed by atoms with Crippen molar-refractivity contribution in [2.45, 2.75) is 20.3 Å². The lowest BCUT2D eigenvalue weighted by Gasteiger charge is -2.10. The second-order valence-electron chi connectivity index (χ2n) is 5.49. The van der Waals surface area contributed by atoms with Gasteiger partial charge >= 0.3 is 0 Å². The molecule has 5 nitrogen and oxygen atoms in total. The number of aryl methyl sites for hydroxylation is 1. The topological polar surface area (TPSA) is 78.4 Å². The molecule has 0 heterocycles. The quantitative estimate of drug-likeness (QED) is 0.776. The Bertz CT molecular complexity index is 775. The summed E-state index contributed by atoms with van der Waals surface area (Å²) in [6.45, 7) is 3.81. The van der Waals surface area contributed by atoms with Crippen LogP contribution in [0, 0.1) is 13.8 Å². The number of hydrogen-bond donors (Lipinski definition) is 3. The number of halogens is 1. The normalized spacial score (nSPS) is 10.3. The van der Waals surface area contributed by atoms with Crippen LogP contribution in [0.2, 0.25) is 5.02 Å². The number of rotatable bonds is 5. The van der Waals surface area contributed by atoms with Crippen molar-refractivity contribution >= 4 is 29.1 Å². The van der Waals surface area contributed by atoms with E-state index in [9.17, 15) is 14.7 Å². The van der Waals surface area contributed by atoms with Crippen LogP contribution >= 0.6 is 11.6 Å². The highest BCUT2D eigenvalue weighted by molar-refractivity contribution is 6.31. The SMILES string of the molecule is Cc1ccc(C(=O)NCCC(=O)Nc2cccc(Cl)c2C)c(O)c1. The number of phenols is 1. The van der Waals surface area contributed by atoms with E-state index in [2.05, 4.69) is 10.6 Å². The predicted octanol–water partition coefficient (Wildman–Crippen LogP) is 3.42. The lowest BCUT2D eigenvalue weighted by Crippen LogP contribution is -2.27. The van der Waals surface area contributed by atoms with E-state index in [1.165, 1.54) is 6.07 Å². The van der Waals surface area contributed by atoms with E-state index >= 15 is 0 Å². The number of carbonyl (C=O) groups excluding carboxylic acids is 2. The Labute approximate surface area is 145 Å². The number of nitrogens with one attached hydrogen (secondary N) is 2. The predicted molar refractivity (Wildman–Crippen MR) is 94.6 cm³/mol. The van der Waals surface area contributed by atoms with Crippen molar-refractivity contribution in [1.29, 1.82) is 0 Å². The lowest BCUT2D eigenvalue weighted by molar-refractivity contribution is -0.116. The molecular weight excluding hydrogens is 328 g/mol. The number of hydrogen-bond acceptors (Lipinski definition) is 3. The van der Waals surface area contributed by atoms with Crippen LogP contribution in [0.25, 0.3) is 0 Å². The molecule has 0 aromatic heterocycles. The minimum atomic E-state index is -0.417. The van der Waals surface area contributed by atoms with E-state index < -0.39 is 5.91 Å². The molecule has 0 fully saturated rings. The van der Waals surface area contributed by atoms with Gasteiger partial charge in [-0.2, -0.15) is 0 Å². The van der Waals surface area contributed by atoms with Gasteiger partial charge in [-0.15, -0.1) is 0 Å². The molecule has 0 saturated carbocycles. The number of aromatic hydroxyl groups is 1. The maximum absolute atomic E-state index is 12.0. The van der Waals surface area contributed by atoms with Crippen LogP contribution in [0.1, 0.15) is 27.9 Å². The Morgan fingerprint density at radius 1 is 1.17 bits per heavy atom. The summed E-state index contributed by atoms with van der Waals surface area (Å²) >= 11 is 6.00. The summed E-state index contributed by atoms with van der Waals surface area (Å²) in [5.41, 5.74) is 2.49. The van der Waals surface area contributed by atoms with Crippen molar-refractivity contribution in [2.75, 3.05) is 11.9 Å². The van der Waals surface area contributed by atoms with Crippen LogP contribution in [0.15, 0.2) is 36.4 Å². The first-order chi connectivity index (χ1) is 11.4. The number of amides is 2. The van der Waals surface area contributed by atoms with Gasteiger partial charge in [0.15, 0.2) is 0 Å². The molecule has 0 aliphatic heterocycles. The number of carbonyl (C=O) groups is 2. The second kappa shape index (κ2) is 7.84. The van der Waals surface area contributed by atoms with Crippen molar-refractivity contribution in [1.82, 2.24) is 5.32 Å². The summed E-state index contributed by atoms with van der Waals surface area (Å²) in [6.07, 6.45) is 0.115. The minimum Gasteiger partial charge on any atom is -0.507 e. The Kier molecular flexibility index (Phi) is 5.82. The van der Waals surface area contributed by atoms with Gasteiger partial charge in [-0.05, 0) is 49.2 Å². The van der Waals surface area contributed by atoms with Crippen LogP contribution in [0.4, 0.5) is 5.69 Å². The molecule has 0 aliphatic carbocycles. The van der Waals surface area contributed by atoms with Crippen molar-refractivity contribution in [2.24, 2.45) is 0 Å². The molecule has 2 aromatic carbocycles. The summed E-state index contributed by atoms with van der Waals surface area (Å²) < 4.78 is 0. The third-order valence-corrected chi connectivity index (χ3v) is 3.99. The molecule has 0 bridgehead atoms. The summed E-state index contributed by atoms with van der Waals surface area (Å²) in [5, 5.41) is 15.7. The van der Waals surface area contributed by atoms with E-state index in [0.29, 0.717) is 10.7 Å². The van der Waals surface area contributed by atoms with Gasteiger partial charge in [-0.1, -0.05) is 23.7 Å². The zero-order chi connectivity index (χ0) is 17.7. The van der Waals surface area contributed by atoms with Gasteiger partial charge in [0.2, 0.25) is 5.91 Å². The van der Waals surface area contributed by atoms with Crippen LogP contribution in [0.3, 0.4) is 0 Å². The van der Waals surface area contributed by atoms with Crippen LogP contribution in [-0.4, -0.2) is 23.5 Å². The zero-order valence-electron chi connectivity index (χ0n) is 13.5. The number of phenolic OH excluding ortho intramolecular Hbond substituents is 1. The average Bonchev–Trinajstić information content (AvgIpc) is 2.51. The highest BCUT2D eigenvalue weighted by atomic mass is 35.5. The van der Waals surface area contributed by atoms with Gasteiger partial charge < -0.3 is 15.7 Å². The highest BCUT2D eigenvalue weighted by Crippen LogP contribution is 2.23. The van der Waals surface area contributed by atoms with E-state index in [4.69, 9.17) is 11.6 Å². The maximum atomic E-state index is 12.0. The van der Waals surface area contributed by atoms with Gasteiger partial charge in [-0.3, -0.25) is 9.59 Å².